The van der Waals surface area contributed by atoms with Crippen LogP contribution in [-0.4, -0.2) is 30.9 Å². The predicted molar refractivity (Wildman–Crippen MR) is 81.2 cm³/mol. The van der Waals surface area contributed by atoms with Gasteiger partial charge in [-0.3, -0.25) is 14.5 Å². The molecule has 0 bridgehead atoms. The molecule has 0 aliphatic heterocycles. The Kier molecular flexibility index (Phi) is 3.60. The molecule has 0 saturated heterocycles. The van der Waals surface area contributed by atoms with Crippen molar-refractivity contribution < 1.29 is 15.0 Å². The number of hydrogen-bond acceptors (Lipinski definition) is 4. The van der Waals surface area contributed by atoms with Crippen LogP contribution in [0, 0.1) is 0 Å². The van der Waals surface area contributed by atoms with Crippen molar-refractivity contribution in [3.8, 4) is 11.1 Å². The highest BCUT2D eigenvalue weighted by Gasteiger charge is 2.16. The van der Waals surface area contributed by atoms with E-state index in [0.717, 1.165) is 16.5 Å². The highest BCUT2D eigenvalue weighted by molar-refractivity contribution is 5.88. The summed E-state index contributed by atoms with van der Waals surface area (Å²) < 4.78 is 1.40. The van der Waals surface area contributed by atoms with Gasteiger partial charge in [-0.1, -0.05) is 12.1 Å². The summed E-state index contributed by atoms with van der Waals surface area (Å²) in [5.74, 6) is -0.974. The van der Waals surface area contributed by atoms with Crippen LogP contribution in [0.4, 0.5) is 0 Å². The largest absolute Gasteiger partial charge is 0.480 e. The zero-order valence-corrected chi connectivity index (χ0v) is 12.0. The molecule has 3 rings (SSSR count). The molecule has 0 aliphatic rings. The lowest BCUT2D eigenvalue weighted by molar-refractivity contribution is -0.137. The van der Waals surface area contributed by atoms with Gasteiger partial charge in [0.25, 0.3) is 0 Å². The predicted octanol–water partition coefficient (Wildman–Crippen LogP) is 2.24. The number of pyridine rings is 1. The Hall–Kier alpha value is -2.73. The molecule has 1 unspecified atom stereocenters. The fourth-order valence-electron chi connectivity index (χ4n) is 2.47. The molecule has 0 fully saturated rings. The molecule has 6 heteroatoms. The summed E-state index contributed by atoms with van der Waals surface area (Å²) in [5, 5.41) is 23.9. The van der Waals surface area contributed by atoms with Crippen LogP contribution in [0.25, 0.3) is 22.0 Å². The van der Waals surface area contributed by atoms with E-state index >= 15 is 0 Å². The summed E-state index contributed by atoms with van der Waals surface area (Å²) in [5.41, 5.74) is 3.05. The van der Waals surface area contributed by atoms with Crippen LogP contribution in [0.15, 0.2) is 42.7 Å². The van der Waals surface area contributed by atoms with E-state index in [9.17, 15) is 9.90 Å². The van der Waals surface area contributed by atoms with Gasteiger partial charge < -0.3 is 10.2 Å². The lowest BCUT2D eigenvalue weighted by atomic mass is 10.0. The van der Waals surface area contributed by atoms with Crippen LogP contribution in [0.2, 0.25) is 0 Å². The quantitative estimate of drug-likeness (QED) is 0.771. The molecule has 6 nitrogen and oxygen atoms in total. The van der Waals surface area contributed by atoms with Gasteiger partial charge in [0.15, 0.2) is 0 Å². The number of carboxylic acids is 1. The van der Waals surface area contributed by atoms with E-state index in [2.05, 4.69) is 10.1 Å². The third-order valence-electron chi connectivity index (χ3n) is 3.45. The molecule has 0 spiro atoms. The standard InChI is InChI=1S/C16H15N3O3/c1-10(20)16-13-7-11(12-3-2-6-17-8-12)4-5-14(13)19(18-16)9-15(21)22/h2-8,10,20H,9H2,1H3,(H,21,22). The van der Waals surface area contributed by atoms with Gasteiger partial charge >= 0.3 is 5.97 Å². The zero-order chi connectivity index (χ0) is 15.7. The Morgan fingerprint density at radius 3 is 2.77 bits per heavy atom. The molecule has 2 aromatic heterocycles. The van der Waals surface area contributed by atoms with E-state index in [4.69, 9.17) is 5.11 Å². The molecule has 1 atom stereocenters. The minimum absolute atomic E-state index is 0.241. The number of benzene rings is 1. The number of carboxylic acid groups (broad SMARTS) is 1. The number of fused-ring (bicyclic) bond motifs is 1. The molecule has 112 valence electrons. The normalized spacial score (nSPS) is 12.5. The second-order valence-corrected chi connectivity index (χ2v) is 5.09. The number of aromatic nitrogens is 3. The van der Waals surface area contributed by atoms with Gasteiger partial charge in [-0.05, 0) is 30.7 Å². The summed E-state index contributed by atoms with van der Waals surface area (Å²) in [7, 11) is 0. The number of aliphatic carboxylic acids is 1. The van der Waals surface area contributed by atoms with Crippen LogP contribution < -0.4 is 0 Å². The lowest BCUT2D eigenvalue weighted by Crippen LogP contribution is -2.10. The van der Waals surface area contributed by atoms with Crippen LogP contribution >= 0.6 is 0 Å². The summed E-state index contributed by atoms with van der Waals surface area (Å²) in [4.78, 5) is 15.0. The maximum Gasteiger partial charge on any atom is 0.325 e. The van der Waals surface area contributed by atoms with Crippen LogP contribution in [0.5, 0.6) is 0 Å². The Labute approximate surface area is 126 Å². The van der Waals surface area contributed by atoms with Crippen LogP contribution in [-0.2, 0) is 11.3 Å². The minimum atomic E-state index is -0.974. The van der Waals surface area contributed by atoms with Gasteiger partial charge in [-0.15, -0.1) is 0 Å². The molecule has 0 amide bonds. The molecule has 2 N–H and O–H groups in total. The van der Waals surface area contributed by atoms with E-state index in [1.54, 1.807) is 19.3 Å². The van der Waals surface area contributed by atoms with Crippen molar-refractivity contribution in [1.29, 1.82) is 0 Å². The first-order valence-corrected chi connectivity index (χ1v) is 6.87. The van der Waals surface area contributed by atoms with Crippen molar-refractivity contribution in [3.63, 3.8) is 0 Å². The first kappa shape index (κ1) is 14.2. The fraction of sp³-hybridized carbons (Fsp3) is 0.188. The van der Waals surface area contributed by atoms with Gasteiger partial charge in [0.2, 0.25) is 0 Å². The first-order valence-electron chi connectivity index (χ1n) is 6.87. The van der Waals surface area contributed by atoms with Gasteiger partial charge in [0.1, 0.15) is 6.54 Å². The Balaban J connectivity index is 2.18. The Bertz CT molecular complexity index is 825. The monoisotopic (exact) mass is 297 g/mol. The SMILES string of the molecule is CC(O)c1nn(CC(=O)O)c2ccc(-c3cccnc3)cc12. The van der Waals surface area contributed by atoms with Crippen molar-refractivity contribution in [2.24, 2.45) is 0 Å². The van der Waals surface area contributed by atoms with Gasteiger partial charge in [0, 0.05) is 23.3 Å². The average Bonchev–Trinajstić information content (AvgIpc) is 2.86. The lowest BCUT2D eigenvalue weighted by Gasteiger charge is -2.03. The summed E-state index contributed by atoms with van der Waals surface area (Å²) >= 11 is 0. The molecule has 0 aliphatic carbocycles. The maximum atomic E-state index is 10.9. The summed E-state index contributed by atoms with van der Waals surface area (Å²) in [6, 6.07) is 9.41. The van der Waals surface area contributed by atoms with E-state index in [1.807, 2.05) is 30.3 Å². The molecular formula is C16H15N3O3. The number of rotatable bonds is 4. The number of aliphatic hydroxyl groups is 1. The highest BCUT2D eigenvalue weighted by atomic mass is 16.4. The van der Waals surface area contributed by atoms with Gasteiger partial charge in [-0.2, -0.15) is 5.10 Å². The van der Waals surface area contributed by atoms with Crippen LogP contribution in [0.3, 0.4) is 0 Å². The van der Waals surface area contributed by atoms with Gasteiger partial charge in [-0.25, -0.2) is 0 Å². The number of hydrogen-bond donors (Lipinski definition) is 2. The summed E-state index contributed by atoms with van der Waals surface area (Å²) in [6.07, 6.45) is 2.68. The highest BCUT2D eigenvalue weighted by Crippen LogP contribution is 2.29. The molecule has 1 aromatic carbocycles. The third kappa shape index (κ3) is 2.56. The van der Waals surface area contributed by atoms with Crippen molar-refractivity contribution in [3.05, 3.63) is 48.4 Å². The van der Waals surface area contributed by atoms with Crippen molar-refractivity contribution in [2.45, 2.75) is 19.6 Å². The maximum absolute atomic E-state index is 10.9. The fourth-order valence-corrected chi connectivity index (χ4v) is 2.47. The van der Waals surface area contributed by atoms with Crippen LogP contribution in [0.1, 0.15) is 18.7 Å². The molecule has 0 radical (unpaired) electrons. The van der Waals surface area contributed by atoms with E-state index in [1.165, 1.54) is 4.68 Å². The van der Waals surface area contributed by atoms with E-state index in [0.29, 0.717) is 11.2 Å². The number of carbonyl (C=O) groups is 1. The smallest absolute Gasteiger partial charge is 0.325 e. The van der Waals surface area contributed by atoms with Crippen molar-refractivity contribution in [2.75, 3.05) is 0 Å². The zero-order valence-electron chi connectivity index (χ0n) is 12.0. The van der Waals surface area contributed by atoms with E-state index < -0.39 is 12.1 Å². The Morgan fingerprint density at radius 2 is 2.14 bits per heavy atom. The minimum Gasteiger partial charge on any atom is -0.480 e. The van der Waals surface area contributed by atoms with Gasteiger partial charge in [0.05, 0.1) is 17.3 Å². The van der Waals surface area contributed by atoms with Crippen molar-refractivity contribution in [1.82, 2.24) is 14.8 Å². The molecule has 22 heavy (non-hydrogen) atoms. The topological polar surface area (TPSA) is 88.2 Å². The molecule has 2 heterocycles. The first-order chi connectivity index (χ1) is 10.6. The second-order valence-electron chi connectivity index (χ2n) is 5.09. The summed E-state index contributed by atoms with van der Waals surface area (Å²) in [6.45, 7) is 1.37. The number of nitrogens with zero attached hydrogens (tertiary/aromatic N) is 3. The number of aliphatic hydroxyl groups excluding tert-OH is 1. The van der Waals surface area contributed by atoms with E-state index in [-0.39, 0.29) is 6.54 Å². The Morgan fingerprint density at radius 1 is 1.32 bits per heavy atom. The van der Waals surface area contributed by atoms with Crippen molar-refractivity contribution >= 4 is 16.9 Å². The molecular weight excluding hydrogens is 282 g/mol. The average molecular weight is 297 g/mol. The molecule has 0 saturated carbocycles. The molecule has 3 aromatic rings. The third-order valence-corrected chi connectivity index (χ3v) is 3.45. The second kappa shape index (κ2) is 5.57.